The Morgan fingerprint density at radius 2 is 1.77 bits per heavy atom. The molecule has 1 heterocycles. The monoisotopic (exact) mass is 388 g/mol. The van der Waals surface area contributed by atoms with Crippen LogP contribution in [-0.4, -0.2) is 29.1 Å². The van der Waals surface area contributed by atoms with Crippen molar-refractivity contribution in [2.45, 2.75) is 13.8 Å². The number of nitrogens with zero attached hydrogens (tertiary/aromatic N) is 2. The average Bonchev–Trinajstić information content (AvgIpc) is 2.61. The highest BCUT2D eigenvalue weighted by atomic mass is 35.5. The van der Waals surface area contributed by atoms with Gasteiger partial charge in [-0.25, -0.2) is 9.78 Å². The van der Waals surface area contributed by atoms with Crippen molar-refractivity contribution in [2.75, 3.05) is 18.0 Å². The Labute approximate surface area is 162 Å². The van der Waals surface area contributed by atoms with Gasteiger partial charge in [-0.05, 0) is 49.7 Å². The second-order valence-electron chi connectivity index (χ2n) is 5.83. The van der Waals surface area contributed by atoms with Crippen LogP contribution >= 0.6 is 23.2 Å². The molecule has 4 nitrogen and oxygen atoms in total. The third kappa shape index (κ3) is 3.35. The van der Waals surface area contributed by atoms with Gasteiger partial charge < -0.3 is 10.0 Å². The van der Waals surface area contributed by atoms with Crippen molar-refractivity contribution < 1.29 is 9.90 Å². The van der Waals surface area contributed by atoms with E-state index in [1.54, 1.807) is 30.3 Å². The van der Waals surface area contributed by atoms with E-state index in [9.17, 15) is 9.90 Å². The number of aromatic carboxylic acids is 1. The van der Waals surface area contributed by atoms with Gasteiger partial charge in [-0.15, -0.1) is 0 Å². The van der Waals surface area contributed by atoms with E-state index in [4.69, 9.17) is 23.2 Å². The highest BCUT2D eigenvalue weighted by Gasteiger charge is 2.24. The van der Waals surface area contributed by atoms with Crippen LogP contribution in [0.25, 0.3) is 22.0 Å². The maximum Gasteiger partial charge on any atom is 0.340 e. The maximum atomic E-state index is 12.2. The number of aromatic nitrogens is 1. The summed E-state index contributed by atoms with van der Waals surface area (Å²) in [6.45, 7) is 5.25. The van der Waals surface area contributed by atoms with Crippen molar-refractivity contribution in [3.63, 3.8) is 0 Å². The molecular weight excluding hydrogens is 371 g/mol. The number of rotatable bonds is 5. The van der Waals surface area contributed by atoms with Crippen molar-refractivity contribution in [3.8, 4) is 11.1 Å². The van der Waals surface area contributed by atoms with Crippen molar-refractivity contribution in [3.05, 3.63) is 58.1 Å². The van der Waals surface area contributed by atoms with Gasteiger partial charge in [-0.2, -0.15) is 0 Å². The van der Waals surface area contributed by atoms with E-state index in [0.717, 1.165) is 5.56 Å². The second kappa shape index (κ2) is 7.52. The van der Waals surface area contributed by atoms with Gasteiger partial charge in [-0.3, -0.25) is 0 Å². The summed E-state index contributed by atoms with van der Waals surface area (Å²) in [6.07, 6.45) is 0. The lowest BCUT2D eigenvalue weighted by Crippen LogP contribution is -2.26. The van der Waals surface area contributed by atoms with E-state index in [1.165, 1.54) is 0 Å². The molecule has 0 bridgehead atoms. The molecule has 0 atom stereocenters. The van der Waals surface area contributed by atoms with E-state index in [-0.39, 0.29) is 5.56 Å². The van der Waals surface area contributed by atoms with E-state index in [2.05, 4.69) is 4.98 Å². The van der Waals surface area contributed by atoms with Gasteiger partial charge >= 0.3 is 5.97 Å². The van der Waals surface area contributed by atoms with Crippen molar-refractivity contribution in [1.82, 2.24) is 4.98 Å². The summed E-state index contributed by atoms with van der Waals surface area (Å²) >= 11 is 12.4. The minimum absolute atomic E-state index is 0.158. The minimum atomic E-state index is -1.03. The zero-order valence-corrected chi connectivity index (χ0v) is 16.0. The second-order valence-corrected chi connectivity index (χ2v) is 6.71. The third-order valence-corrected chi connectivity index (χ3v) is 4.79. The molecule has 3 rings (SSSR count). The molecule has 0 spiro atoms. The molecular formula is C20H18Cl2N2O2. The number of anilines is 1. The van der Waals surface area contributed by atoms with E-state index < -0.39 is 5.97 Å². The number of benzene rings is 2. The molecule has 0 unspecified atom stereocenters. The summed E-state index contributed by atoms with van der Waals surface area (Å²) in [5.74, 6) is -0.580. The summed E-state index contributed by atoms with van der Waals surface area (Å²) in [5.41, 5.74) is 2.15. The number of carboxylic acids is 1. The lowest BCUT2D eigenvalue weighted by molar-refractivity contribution is 0.0698. The Balaban J connectivity index is 2.50. The van der Waals surface area contributed by atoms with Crippen molar-refractivity contribution in [2.24, 2.45) is 0 Å². The normalized spacial score (nSPS) is 10.9. The molecule has 0 aliphatic carbocycles. The topological polar surface area (TPSA) is 53.4 Å². The van der Waals surface area contributed by atoms with Crippen LogP contribution in [0.4, 0.5) is 5.82 Å². The first kappa shape index (κ1) is 18.5. The molecule has 1 aromatic heterocycles. The van der Waals surface area contributed by atoms with Gasteiger partial charge in [0.25, 0.3) is 0 Å². The Kier molecular flexibility index (Phi) is 5.35. The number of carboxylic acid groups (broad SMARTS) is 1. The highest BCUT2D eigenvalue weighted by molar-refractivity contribution is 6.32. The molecule has 3 aromatic rings. The van der Waals surface area contributed by atoms with E-state index in [1.807, 2.05) is 30.9 Å². The van der Waals surface area contributed by atoms with Crippen LogP contribution in [-0.2, 0) is 0 Å². The number of pyridine rings is 1. The summed E-state index contributed by atoms with van der Waals surface area (Å²) in [6, 6.07) is 12.5. The van der Waals surface area contributed by atoms with Crippen molar-refractivity contribution in [1.29, 1.82) is 0 Å². The van der Waals surface area contributed by atoms with Gasteiger partial charge in [0.05, 0.1) is 5.52 Å². The fourth-order valence-electron chi connectivity index (χ4n) is 3.12. The lowest BCUT2D eigenvalue weighted by Gasteiger charge is -2.24. The largest absolute Gasteiger partial charge is 0.478 e. The zero-order valence-electron chi connectivity index (χ0n) is 14.5. The van der Waals surface area contributed by atoms with Gasteiger partial charge in [-0.1, -0.05) is 35.3 Å². The van der Waals surface area contributed by atoms with E-state index in [0.29, 0.717) is 45.4 Å². The van der Waals surface area contributed by atoms with Gasteiger partial charge in [0, 0.05) is 34.1 Å². The Morgan fingerprint density at radius 3 is 2.38 bits per heavy atom. The first-order chi connectivity index (χ1) is 12.5. The Hall–Kier alpha value is -2.30. The average molecular weight is 389 g/mol. The summed E-state index contributed by atoms with van der Waals surface area (Å²) < 4.78 is 0. The van der Waals surface area contributed by atoms with Gasteiger partial charge in [0.1, 0.15) is 11.4 Å². The quantitative estimate of drug-likeness (QED) is 0.604. The van der Waals surface area contributed by atoms with E-state index >= 15 is 0 Å². The maximum absolute atomic E-state index is 12.2. The number of hydrogen-bond donors (Lipinski definition) is 1. The molecule has 1 N–H and O–H groups in total. The summed E-state index contributed by atoms with van der Waals surface area (Å²) in [5, 5.41) is 11.8. The SMILES string of the molecule is CCN(CC)c1nc2ccc(Cl)cc2c(-c2cccc(Cl)c2)c1C(=O)O. The molecule has 2 aromatic carbocycles. The molecule has 0 saturated heterocycles. The highest BCUT2D eigenvalue weighted by Crippen LogP contribution is 2.38. The minimum Gasteiger partial charge on any atom is -0.478 e. The molecule has 6 heteroatoms. The molecule has 0 radical (unpaired) electrons. The molecule has 0 saturated carbocycles. The molecule has 0 fully saturated rings. The van der Waals surface area contributed by atoms with Crippen LogP contribution in [0.3, 0.4) is 0 Å². The predicted molar refractivity (Wildman–Crippen MR) is 108 cm³/mol. The summed E-state index contributed by atoms with van der Waals surface area (Å²) in [7, 11) is 0. The fourth-order valence-corrected chi connectivity index (χ4v) is 3.48. The molecule has 26 heavy (non-hydrogen) atoms. The van der Waals surface area contributed by atoms with Crippen LogP contribution in [0, 0.1) is 0 Å². The Morgan fingerprint density at radius 1 is 1.08 bits per heavy atom. The predicted octanol–water partition coefficient (Wildman–Crippen LogP) is 5.75. The van der Waals surface area contributed by atoms with Crippen LogP contribution in [0.1, 0.15) is 24.2 Å². The van der Waals surface area contributed by atoms with Crippen LogP contribution in [0.15, 0.2) is 42.5 Å². The van der Waals surface area contributed by atoms with Crippen LogP contribution in [0.2, 0.25) is 10.0 Å². The van der Waals surface area contributed by atoms with Crippen LogP contribution < -0.4 is 4.90 Å². The first-order valence-corrected chi connectivity index (χ1v) is 9.09. The molecule has 0 aliphatic heterocycles. The van der Waals surface area contributed by atoms with Crippen LogP contribution in [0.5, 0.6) is 0 Å². The molecule has 0 aliphatic rings. The number of hydrogen-bond acceptors (Lipinski definition) is 3. The molecule has 134 valence electrons. The Bertz CT molecular complexity index is 985. The zero-order chi connectivity index (χ0) is 18.8. The number of halogens is 2. The molecule has 0 amide bonds. The van der Waals surface area contributed by atoms with Crippen molar-refractivity contribution >= 4 is 45.9 Å². The smallest absolute Gasteiger partial charge is 0.340 e. The number of carbonyl (C=O) groups is 1. The fraction of sp³-hybridized carbons (Fsp3) is 0.200. The summed E-state index contributed by atoms with van der Waals surface area (Å²) in [4.78, 5) is 18.8. The number of fused-ring (bicyclic) bond motifs is 1. The standard InChI is InChI=1S/C20H18Cl2N2O2/c1-3-24(4-2)19-18(20(25)26)17(12-6-5-7-13(21)10-12)15-11-14(22)8-9-16(15)23-19/h5-11H,3-4H2,1-2H3,(H,25,26). The third-order valence-electron chi connectivity index (χ3n) is 4.32. The lowest BCUT2D eigenvalue weighted by atomic mass is 9.95. The van der Waals surface area contributed by atoms with Gasteiger partial charge in [0.15, 0.2) is 0 Å². The van der Waals surface area contributed by atoms with Gasteiger partial charge in [0.2, 0.25) is 0 Å². The first-order valence-electron chi connectivity index (χ1n) is 8.33.